The van der Waals surface area contributed by atoms with Crippen molar-refractivity contribution in [3.63, 3.8) is 0 Å². The minimum atomic E-state index is -0.108. The van der Waals surface area contributed by atoms with Crippen LogP contribution in [-0.2, 0) is 0 Å². The molecule has 2 aromatic heterocycles. The van der Waals surface area contributed by atoms with Crippen molar-refractivity contribution in [3.05, 3.63) is 57.7 Å². The van der Waals surface area contributed by atoms with Gasteiger partial charge in [-0.2, -0.15) is 0 Å². The Labute approximate surface area is 123 Å². The zero-order valence-electron chi connectivity index (χ0n) is 11.3. The number of nitrogens with two attached hydrogens (primary N) is 1. The summed E-state index contributed by atoms with van der Waals surface area (Å²) in [5.41, 5.74) is 9.59. The molecule has 0 saturated carbocycles. The summed E-state index contributed by atoms with van der Waals surface area (Å²) in [7, 11) is 0. The number of rotatable bonds is 2. The standard InChI is InChI=1S/C16H14N2OSe/c1-9-8-10(2)18-16-12(9)13(17)15(20-16)14(19)11-6-4-3-5-7-11/h3-8H,17H2,1-2H3. The third kappa shape index (κ3) is 2.07. The van der Waals surface area contributed by atoms with Gasteiger partial charge in [0.25, 0.3) is 0 Å². The van der Waals surface area contributed by atoms with Crippen LogP contribution in [0.3, 0.4) is 0 Å². The van der Waals surface area contributed by atoms with Crippen molar-refractivity contribution in [2.45, 2.75) is 13.8 Å². The van der Waals surface area contributed by atoms with Crippen molar-refractivity contribution in [3.8, 4) is 0 Å². The second-order valence-corrected chi connectivity index (χ2v) is 6.90. The van der Waals surface area contributed by atoms with E-state index in [0.29, 0.717) is 11.3 Å². The van der Waals surface area contributed by atoms with Crippen LogP contribution in [0.15, 0.2) is 36.4 Å². The average Bonchev–Trinajstić information content (AvgIpc) is 2.76. The molecule has 0 bridgehead atoms. The first-order valence-corrected chi connectivity index (χ1v) is 8.05. The van der Waals surface area contributed by atoms with E-state index in [4.69, 9.17) is 5.73 Å². The topological polar surface area (TPSA) is 56.0 Å². The maximum atomic E-state index is 12.6. The predicted molar refractivity (Wildman–Crippen MR) is 82.4 cm³/mol. The number of carbonyl (C=O) groups excluding carboxylic acids is 1. The molecule has 0 aliphatic rings. The van der Waals surface area contributed by atoms with Gasteiger partial charge in [-0.25, -0.2) is 0 Å². The monoisotopic (exact) mass is 330 g/mol. The van der Waals surface area contributed by atoms with E-state index in [0.717, 1.165) is 25.5 Å². The number of pyridine rings is 1. The first kappa shape index (κ1) is 13.1. The molecule has 20 heavy (non-hydrogen) atoms. The number of carbonyl (C=O) groups is 1. The average molecular weight is 329 g/mol. The van der Waals surface area contributed by atoms with Gasteiger partial charge in [0.2, 0.25) is 0 Å². The number of benzene rings is 1. The van der Waals surface area contributed by atoms with E-state index in [-0.39, 0.29) is 20.3 Å². The van der Waals surface area contributed by atoms with E-state index < -0.39 is 0 Å². The Morgan fingerprint density at radius 2 is 1.90 bits per heavy atom. The molecule has 0 unspecified atom stereocenters. The fourth-order valence-electron chi connectivity index (χ4n) is 2.36. The summed E-state index contributed by atoms with van der Waals surface area (Å²) in [6.07, 6.45) is 0. The molecule has 4 heteroatoms. The number of nitrogen functional groups attached to an aromatic ring is 1. The van der Waals surface area contributed by atoms with Crippen molar-refractivity contribution < 1.29 is 4.79 Å². The van der Waals surface area contributed by atoms with Crippen LogP contribution in [0.1, 0.15) is 26.1 Å². The molecule has 0 radical (unpaired) electrons. The molecular weight excluding hydrogens is 315 g/mol. The van der Waals surface area contributed by atoms with Gasteiger partial charge in [0, 0.05) is 0 Å². The van der Waals surface area contributed by atoms with Gasteiger partial charge in [-0.1, -0.05) is 0 Å². The third-order valence-electron chi connectivity index (χ3n) is 3.27. The van der Waals surface area contributed by atoms with E-state index in [1.165, 1.54) is 0 Å². The molecule has 0 aliphatic heterocycles. The number of aryl methyl sites for hydroxylation is 2. The summed E-state index contributed by atoms with van der Waals surface area (Å²) in [5, 5.41) is 0.967. The van der Waals surface area contributed by atoms with Crippen molar-refractivity contribution in [2.24, 2.45) is 0 Å². The summed E-state index contributed by atoms with van der Waals surface area (Å²) in [4.78, 5) is 17.1. The summed E-state index contributed by atoms with van der Waals surface area (Å²) in [6.45, 7) is 3.99. The molecule has 0 fully saturated rings. The Hall–Kier alpha value is -1.90. The first-order valence-electron chi connectivity index (χ1n) is 6.34. The van der Waals surface area contributed by atoms with Crippen molar-refractivity contribution in [2.75, 3.05) is 5.73 Å². The predicted octanol–water partition coefficient (Wildman–Crippen LogP) is 2.72. The molecule has 1 aromatic carbocycles. The van der Waals surface area contributed by atoms with Crippen LogP contribution in [0.25, 0.3) is 9.78 Å². The van der Waals surface area contributed by atoms with Gasteiger partial charge in [0.05, 0.1) is 0 Å². The Morgan fingerprint density at radius 1 is 1.20 bits per heavy atom. The number of anilines is 1. The molecular formula is C16H14N2OSe. The molecule has 0 spiro atoms. The number of aromatic nitrogens is 1. The number of nitrogens with zero attached hydrogens (tertiary/aromatic N) is 1. The van der Waals surface area contributed by atoms with Gasteiger partial charge in [-0.05, 0) is 0 Å². The zero-order valence-corrected chi connectivity index (χ0v) is 13.0. The fourth-order valence-corrected chi connectivity index (χ4v) is 4.83. The fraction of sp³-hybridized carbons (Fsp3) is 0.125. The molecule has 0 atom stereocenters. The van der Waals surface area contributed by atoms with Gasteiger partial charge in [-0.3, -0.25) is 0 Å². The van der Waals surface area contributed by atoms with Gasteiger partial charge in [0.1, 0.15) is 0 Å². The normalized spacial score (nSPS) is 10.9. The van der Waals surface area contributed by atoms with E-state index in [9.17, 15) is 4.79 Å². The summed E-state index contributed by atoms with van der Waals surface area (Å²) in [5.74, 6) is 0.0261. The van der Waals surface area contributed by atoms with Gasteiger partial charge in [-0.15, -0.1) is 0 Å². The third-order valence-corrected chi connectivity index (χ3v) is 5.57. The molecule has 3 nitrogen and oxygen atoms in total. The summed E-state index contributed by atoms with van der Waals surface area (Å²) in [6, 6.07) is 11.3. The molecule has 0 amide bonds. The Morgan fingerprint density at radius 3 is 2.60 bits per heavy atom. The number of hydrogen-bond donors (Lipinski definition) is 1. The SMILES string of the molecule is Cc1cc(C)c2c(N)c(C(=O)c3ccccc3)[se]c2n1. The zero-order chi connectivity index (χ0) is 14.3. The molecule has 0 aliphatic carbocycles. The Kier molecular flexibility index (Phi) is 3.20. The summed E-state index contributed by atoms with van der Waals surface area (Å²) < 4.78 is 1.70. The van der Waals surface area contributed by atoms with E-state index in [1.807, 2.05) is 50.2 Å². The van der Waals surface area contributed by atoms with Gasteiger partial charge in [0.15, 0.2) is 0 Å². The summed E-state index contributed by atoms with van der Waals surface area (Å²) >= 11 is -0.108. The molecule has 3 rings (SSSR count). The van der Waals surface area contributed by atoms with Crippen LogP contribution in [0.2, 0.25) is 0 Å². The number of ketones is 1. The molecule has 3 aromatic rings. The minimum absolute atomic E-state index is 0.0261. The van der Waals surface area contributed by atoms with Gasteiger partial charge < -0.3 is 0 Å². The van der Waals surface area contributed by atoms with Crippen LogP contribution in [0, 0.1) is 13.8 Å². The van der Waals surface area contributed by atoms with Crippen molar-refractivity contribution >= 4 is 35.8 Å². The second kappa shape index (κ2) is 4.89. The van der Waals surface area contributed by atoms with Crippen molar-refractivity contribution in [1.82, 2.24) is 4.98 Å². The van der Waals surface area contributed by atoms with Crippen LogP contribution in [-0.4, -0.2) is 25.3 Å². The van der Waals surface area contributed by atoms with E-state index >= 15 is 0 Å². The quantitative estimate of drug-likeness (QED) is 0.581. The van der Waals surface area contributed by atoms with Crippen LogP contribution < -0.4 is 5.73 Å². The first-order chi connectivity index (χ1) is 9.58. The molecule has 2 N–H and O–H groups in total. The van der Waals surface area contributed by atoms with Gasteiger partial charge >= 0.3 is 123 Å². The Balaban J connectivity index is 2.21. The van der Waals surface area contributed by atoms with Crippen LogP contribution in [0.5, 0.6) is 0 Å². The molecule has 100 valence electrons. The molecule has 0 saturated heterocycles. The van der Waals surface area contributed by atoms with Crippen LogP contribution >= 0.6 is 0 Å². The van der Waals surface area contributed by atoms with E-state index in [2.05, 4.69) is 4.98 Å². The Bertz CT molecular complexity index is 806. The van der Waals surface area contributed by atoms with E-state index in [1.54, 1.807) is 0 Å². The number of fused-ring (bicyclic) bond motifs is 1. The van der Waals surface area contributed by atoms with Crippen molar-refractivity contribution in [1.29, 1.82) is 0 Å². The molecule has 2 heterocycles. The number of hydrogen-bond acceptors (Lipinski definition) is 3. The second-order valence-electron chi connectivity index (χ2n) is 4.80. The van der Waals surface area contributed by atoms with Crippen LogP contribution in [0.4, 0.5) is 5.69 Å². The maximum absolute atomic E-state index is 12.6.